The van der Waals surface area contributed by atoms with Gasteiger partial charge in [-0.2, -0.15) is 0 Å². The van der Waals surface area contributed by atoms with Gasteiger partial charge in [-0.3, -0.25) is 0 Å². The summed E-state index contributed by atoms with van der Waals surface area (Å²) in [4.78, 5) is 1.29. The van der Waals surface area contributed by atoms with Gasteiger partial charge in [-0.05, 0) is 55.5 Å². The van der Waals surface area contributed by atoms with E-state index in [4.69, 9.17) is 0 Å². The molecule has 2 aromatic rings. The molecule has 0 heterocycles. The van der Waals surface area contributed by atoms with Gasteiger partial charge in [-0.25, -0.2) is 0 Å². The van der Waals surface area contributed by atoms with Gasteiger partial charge in [0, 0.05) is 10.6 Å². The van der Waals surface area contributed by atoms with Gasteiger partial charge in [0.2, 0.25) is 0 Å². The lowest BCUT2D eigenvalue weighted by atomic mass is 10.0. The first-order valence-corrected chi connectivity index (χ1v) is 7.95. The Morgan fingerprint density at radius 1 is 0.900 bits per heavy atom. The fourth-order valence-corrected chi connectivity index (χ4v) is 3.52. The van der Waals surface area contributed by atoms with Crippen molar-refractivity contribution < 1.29 is 0 Å². The molecule has 0 amide bonds. The minimum atomic E-state index is 0.483. The third kappa shape index (κ3) is 3.26. The Hall–Kier alpha value is -1.67. The van der Waals surface area contributed by atoms with Gasteiger partial charge in [0.1, 0.15) is 0 Å². The molecule has 0 saturated heterocycles. The van der Waals surface area contributed by atoms with Crippen molar-refractivity contribution in [3.63, 3.8) is 0 Å². The van der Waals surface area contributed by atoms with E-state index in [1.54, 1.807) is 0 Å². The van der Waals surface area contributed by atoms with Crippen LogP contribution < -0.4 is 4.31 Å². The number of hydrogen-bond donors (Lipinski definition) is 0. The van der Waals surface area contributed by atoms with E-state index in [2.05, 4.69) is 77.1 Å². The molecule has 0 fully saturated rings. The maximum absolute atomic E-state index is 2.44. The molecule has 1 nitrogen and oxygen atoms in total. The molecule has 2 aromatic carbocycles. The molecule has 1 unspecified atom stereocenters. The van der Waals surface area contributed by atoms with Crippen molar-refractivity contribution in [2.24, 2.45) is 0 Å². The van der Waals surface area contributed by atoms with Crippen LogP contribution in [0, 0.1) is 0 Å². The number of para-hydroxylation sites is 1. The van der Waals surface area contributed by atoms with Crippen LogP contribution in [0.1, 0.15) is 19.3 Å². The van der Waals surface area contributed by atoms with Gasteiger partial charge in [-0.1, -0.05) is 48.6 Å². The quantitative estimate of drug-likeness (QED) is 0.552. The molecule has 102 valence electrons. The fraction of sp³-hybridized carbons (Fsp3) is 0.222. The van der Waals surface area contributed by atoms with Crippen molar-refractivity contribution in [2.45, 2.75) is 30.2 Å². The Morgan fingerprint density at radius 2 is 1.60 bits per heavy atom. The molecule has 0 aromatic heterocycles. The highest BCUT2D eigenvalue weighted by molar-refractivity contribution is 8.00. The second-order valence-corrected chi connectivity index (χ2v) is 6.04. The van der Waals surface area contributed by atoms with Crippen LogP contribution in [-0.4, -0.2) is 6.04 Å². The highest BCUT2D eigenvalue weighted by atomic mass is 32.2. The Kier molecular flexibility index (Phi) is 4.44. The lowest BCUT2D eigenvalue weighted by Gasteiger charge is -2.32. The summed E-state index contributed by atoms with van der Waals surface area (Å²) in [6.07, 6.45) is 8.39. The minimum absolute atomic E-state index is 0.483. The van der Waals surface area contributed by atoms with Crippen LogP contribution in [0.15, 0.2) is 77.7 Å². The molecular formula is C18H19NS. The summed E-state index contributed by atoms with van der Waals surface area (Å²) in [5.74, 6) is 0. The number of anilines is 1. The molecular weight excluding hydrogens is 262 g/mol. The minimum Gasteiger partial charge on any atom is -0.305 e. The lowest BCUT2D eigenvalue weighted by Crippen LogP contribution is -2.28. The molecule has 2 heteroatoms. The maximum Gasteiger partial charge on any atom is 0.0589 e. The summed E-state index contributed by atoms with van der Waals surface area (Å²) >= 11 is 1.83. The average molecular weight is 281 g/mol. The molecule has 1 aliphatic carbocycles. The first kappa shape index (κ1) is 13.3. The van der Waals surface area contributed by atoms with Crippen molar-refractivity contribution in [3.05, 3.63) is 72.8 Å². The molecule has 0 N–H and O–H groups in total. The fourth-order valence-electron chi connectivity index (χ4n) is 2.47. The van der Waals surface area contributed by atoms with Crippen LogP contribution in [0.2, 0.25) is 0 Å². The molecule has 0 saturated carbocycles. The van der Waals surface area contributed by atoms with E-state index in [9.17, 15) is 0 Å². The predicted molar refractivity (Wildman–Crippen MR) is 88.0 cm³/mol. The van der Waals surface area contributed by atoms with Crippen LogP contribution in [0.3, 0.4) is 0 Å². The monoisotopic (exact) mass is 281 g/mol. The smallest absolute Gasteiger partial charge is 0.0589 e. The van der Waals surface area contributed by atoms with Gasteiger partial charge < -0.3 is 4.31 Å². The summed E-state index contributed by atoms with van der Waals surface area (Å²) in [6.45, 7) is 0. The molecule has 20 heavy (non-hydrogen) atoms. The van der Waals surface area contributed by atoms with Crippen molar-refractivity contribution in [3.8, 4) is 0 Å². The van der Waals surface area contributed by atoms with Crippen LogP contribution in [0.5, 0.6) is 0 Å². The molecule has 0 spiro atoms. The largest absolute Gasteiger partial charge is 0.305 e. The summed E-state index contributed by atoms with van der Waals surface area (Å²) in [5, 5.41) is 0. The SMILES string of the molecule is C1=CC(N(Sc2ccccc2)c2ccccc2)CCC1. The van der Waals surface area contributed by atoms with Crippen LogP contribution >= 0.6 is 11.9 Å². The molecule has 1 aliphatic rings. The normalized spacial score (nSPS) is 17.9. The average Bonchev–Trinajstić information content (AvgIpc) is 2.55. The Labute approximate surface area is 125 Å². The molecule has 1 atom stereocenters. The van der Waals surface area contributed by atoms with Crippen LogP contribution in [0.25, 0.3) is 0 Å². The van der Waals surface area contributed by atoms with Crippen molar-refractivity contribution >= 4 is 17.6 Å². The number of nitrogens with zero attached hydrogens (tertiary/aromatic N) is 1. The summed E-state index contributed by atoms with van der Waals surface area (Å²) < 4.78 is 2.44. The van der Waals surface area contributed by atoms with Crippen LogP contribution in [-0.2, 0) is 0 Å². The number of rotatable bonds is 4. The van der Waals surface area contributed by atoms with E-state index in [1.165, 1.54) is 29.8 Å². The summed E-state index contributed by atoms with van der Waals surface area (Å²) in [7, 11) is 0. The van der Waals surface area contributed by atoms with Gasteiger partial charge in [0.05, 0.1) is 6.04 Å². The molecule has 0 radical (unpaired) electrons. The Bertz CT molecular complexity index is 550. The van der Waals surface area contributed by atoms with Crippen molar-refractivity contribution in [1.29, 1.82) is 0 Å². The molecule has 0 bridgehead atoms. The Balaban J connectivity index is 1.87. The van der Waals surface area contributed by atoms with Gasteiger partial charge in [0.15, 0.2) is 0 Å². The van der Waals surface area contributed by atoms with E-state index in [1.807, 2.05) is 11.9 Å². The zero-order valence-electron chi connectivity index (χ0n) is 11.5. The number of hydrogen-bond acceptors (Lipinski definition) is 2. The second-order valence-electron chi connectivity index (χ2n) is 4.99. The van der Waals surface area contributed by atoms with Gasteiger partial charge in [0.25, 0.3) is 0 Å². The predicted octanol–water partition coefficient (Wildman–Crippen LogP) is 5.31. The van der Waals surface area contributed by atoms with Gasteiger partial charge in [-0.15, -0.1) is 0 Å². The van der Waals surface area contributed by atoms with E-state index in [0.717, 1.165) is 0 Å². The summed E-state index contributed by atoms with van der Waals surface area (Å²) in [5.41, 5.74) is 1.28. The second kappa shape index (κ2) is 6.67. The number of allylic oxidation sites excluding steroid dienone is 1. The third-order valence-corrected chi connectivity index (χ3v) is 4.65. The third-order valence-electron chi connectivity index (χ3n) is 3.49. The van der Waals surface area contributed by atoms with Gasteiger partial charge >= 0.3 is 0 Å². The zero-order valence-corrected chi connectivity index (χ0v) is 12.3. The summed E-state index contributed by atoms with van der Waals surface area (Å²) in [6, 6.07) is 21.8. The van der Waals surface area contributed by atoms with Crippen LogP contribution in [0.4, 0.5) is 5.69 Å². The highest BCUT2D eigenvalue weighted by Gasteiger charge is 2.19. The van der Waals surface area contributed by atoms with Crippen molar-refractivity contribution in [2.75, 3.05) is 4.31 Å². The topological polar surface area (TPSA) is 3.24 Å². The molecule has 0 aliphatic heterocycles. The standard InChI is InChI=1S/C18H19NS/c1-4-10-16(11-5-1)19(17-12-6-2-7-13-17)20-18-14-8-3-9-15-18/h1,3-6,8-12,14-15,17H,2,7,13H2. The first-order valence-electron chi connectivity index (χ1n) is 7.17. The maximum atomic E-state index is 2.44. The van der Waals surface area contributed by atoms with E-state index in [-0.39, 0.29) is 0 Å². The van der Waals surface area contributed by atoms with Crippen molar-refractivity contribution in [1.82, 2.24) is 0 Å². The van der Waals surface area contributed by atoms with E-state index < -0.39 is 0 Å². The first-order chi connectivity index (χ1) is 9.93. The van der Waals surface area contributed by atoms with E-state index in [0.29, 0.717) is 6.04 Å². The van der Waals surface area contributed by atoms with E-state index >= 15 is 0 Å². The highest BCUT2D eigenvalue weighted by Crippen LogP contribution is 2.34. The number of benzene rings is 2. The zero-order chi connectivity index (χ0) is 13.6. The Morgan fingerprint density at radius 3 is 2.25 bits per heavy atom. The molecule has 3 rings (SSSR count). The lowest BCUT2D eigenvalue weighted by molar-refractivity contribution is 0.650.